The molecule has 0 bridgehead atoms. The summed E-state index contributed by atoms with van der Waals surface area (Å²) in [4.78, 5) is 35.9. The average Bonchev–Trinajstić information content (AvgIpc) is 2.73. The molecule has 2 heterocycles. The van der Waals surface area contributed by atoms with Crippen LogP contribution in [0.25, 0.3) is 0 Å². The molecule has 180 valence electrons. The Bertz CT molecular complexity index is 875. The number of rotatable bonds is 7. The number of fused-ring (bicyclic) bond motifs is 1. The van der Waals surface area contributed by atoms with Crippen molar-refractivity contribution in [3.63, 3.8) is 0 Å². The zero-order chi connectivity index (χ0) is 24.0. The SMILES string of the molecule is O=C(CC(F)(F)F)N[C@H]1Cc2cccc(C(=O)OCOC(=O)CC3CCOCC3)c2OB1O. The molecule has 1 aromatic carbocycles. The van der Waals surface area contributed by atoms with E-state index in [0.29, 0.717) is 18.8 Å². The lowest BCUT2D eigenvalue weighted by Gasteiger charge is -2.29. The first-order chi connectivity index (χ1) is 15.6. The molecule has 1 atom stereocenters. The summed E-state index contributed by atoms with van der Waals surface area (Å²) in [6.07, 6.45) is -4.75. The van der Waals surface area contributed by atoms with Crippen LogP contribution in [0.2, 0.25) is 0 Å². The molecule has 0 aliphatic carbocycles. The van der Waals surface area contributed by atoms with Gasteiger partial charge in [0.2, 0.25) is 12.7 Å². The van der Waals surface area contributed by atoms with Gasteiger partial charge in [0, 0.05) is 19.6 Å². The van der Waals surface area contributed by atoms with Crippen molar-refractivity contribution in [3.8, 4) is 5.75 Å². The van der Waals surface area contributed by atoms with Gasteiger partial charge in [-0.25, -0.2) is 4.79 Å². The summed E-state index contributed by atoms with van der Waals surface area (Å²) in [7, 11) is -1.68. The first-order valence-corrected chi connectivity index (χ1v) is 10.4. The molecule has 13 heteroatoms. The molecule has 9 nitrogen and oxygen atoms in total. The van der Waals surface area contributed by atoms with Gasteiger partial charge in [-0.2, -0.15) is 13.2 Å². The third-order valence-electron chi connectivity index (χ3n) is 5.25. The summed E-state index contributed by atoms with van der Waals surface area (Å²) >= 11 is 0. The summed E-state index contributed by atoms with van der Waals surface area (Å²) in [6.45, 7) is 0.568. The number of hydrogen-bond donors (Lipinski definition) is 2. The van der Waals surface area contributed by atoms with E-state index in [-0.39, 0.29) is 30.1 Å². The Hall–Kier alpha value is -2.80. The highest BCUT2D eigenvalue weighted by molar-refractivity contribution is 6.47. The third-order valence-corrected chi connectivity index (χ3v) is 5.25. The van der Waals surface area contributed by atoms with Crippen LogP contribution in [0.5, 0.6) is 5.75 Å². The fourth-order valence-electron chi connectivity index (χ4n) is 3.62. The Kier molecular flexibility index (Phi) is 8.19. The predicted octanol–water partition coefficient (Wildman–Crippen LogP) is 1.55. The summed E-state index contributed by atoms with van der Waals surface area (Å²) < 4.78 is 57.5. The number of ether oxygens (including phenoxy) is 3. The van der Waals surface area contributed by atoms with Crippen molar-refractivity contribution in [2.45, 2.75) is 44.2 Å². The molecule has 1 fully saturated rings. The Morgan fingerprint density at radius 3 is 2.61 bits per heavy atom. The Morgan fingerprint density at radius 2 is 1.91 bits per heavy atom. The normalized spacial score (nSPS) is 18.7. The zero-order valence-electron chi connectivity index (χ0n) is 17.6. The van der Waals surface area contributed by atoms with Gasteiger partial charge < -0.3 is 29.2 Å². The maximum Gasteiger partial charge on any atom is 0.547 e. The number of benzene rings is 1. The van der Waals surface area contributed by atoms with Crippen molar-refractivity contribution < 1.29 is 51.4 Å². The molecule has 0 unspecified atom stereocenters. The number of esters is 2. The van der Waals surface area contributed by atoms with E-state index in [1.807, 2.05) is 0 Å². The summed E-state index contributed by atoms with van der Waals surface area (Å²) in [5.74, 6) is -3.69. The van der Waals surface area contributed by atoms with E-state index in [1.165, 1.54) is 18.2 Å². The molecule has 33 heavy (non-hydrogen) atoms. The van der Waals surface area contributed by atoms with Crippen LogP contribution in [0, 0.1) is 5.92 Å². The van der Waals surface area contributed by atoms with Crippen molar-refractivity contribution in [2.75, 3.05) is 20.0 Å². The lowest BCUT2D eigenvalue weighted by Crippen LogP contribution is -2.53. The van der Waals surface area contributed by atoms with Gasteiger partial charge in [-0.05, 0) is 36.8 Å². The van der Waals surface area contributed by atoms with E-state index >= 15 is 0 Å². The second-order valence-electron chi connectivity index (χ2n) is 7.80. The highest BCUT2D eigenvalue weighted by Crippen LogP contribution is 2.31. The van der Waals surface area contributed by atoms with Crippen molar-refractivity contribution in [1.29, 1.82) is 0 Å². The molecule has 0 aromatic heterocycles. The maximum absolute atomic E-state index is 12.4. The van der Waals surface area contributed by atoms with Crippen molar-refractivity contribution in [2.24, 2.45) is 5.92 Å². The molecule has 2 aliphatic heterocycles. The average molecular weight is 473 g/mol. The number of para-hydroxylation sites is 1. The van der Waals surface area contributed by atoms with Crippen molar-refractivity contribution in [3.05, 3.63) is 29.3 Å². The Balaban J connectivity index is 1.54. The molecule has 2 N–H and O–H groups in total. The van der Waals surface area contributed by atoms with Crippen LogP contribution in [0.15, 0.2) is 18.2 Å². The second kappa shape index (κ2) is 10.9. The van der Waals surface area contributed by atoms with Crippen LogP contribution in [-0.2, 0) is 30.2 Å². The van der Waals surface area contributed by atoms with Gasteiger partial charge >= 0.3 is 25.2 Å². The van der Waals surface area contributed by atoms with Gasteiger partial charge in [0.15, 0.2) is 0 Å². The van der Waals surface area contributed by atoms with Crippen molar-refractivity contribution in [1.82, 2.24) is 5.32 Å². The number of alkyl halides is 3. The number of carbonyl (C=O) groups excluding carboxylic acids is 3. The van der Waals surface area contributed by atoms with Gasteiger partial charge in [-0.1, -0.05) is 12.1 Å². The Labute approximate surface area is 187 Å². The molecule has 0 radical (unpaired) electrons. The van der Waals surface area contributed by atoms with Gasteiger partial charge in [0.05, 0.1) is 5.94 Å². The highest BCUT2D eigenvalue weighted by atomic mass is 19.4. The summed E-state index contributed by atoms with van der Waals surface area (Å²) in [5.41, 5.74) is 0.315. The fourth-order valence-corrected chi connectivity index (χ4v) is 3.62. The van der Waals surface area contributed by atoms with E-state index in [9.17, 15) is 32.6 Å². The number of amides is 1. The lowest BCUT2D eigenvalue weighted by atomic mass is 9.72. The summed E-state index contributed by atoms with van der Waals surface area (Å²) in [5, 5.41) is 12.2. The van der Waals surface area contributed by atoms with Crippen LogP contribution in [0.1, 0.15) is 41.6 Å². The fraction of sp³-hybridized carbons (Fsp3) is 0.550. The molecule has 0 saturated carbocycles. The molecular weight excluding hydrogens is 450 g/mol. The minimum atomic E-state index is -4.69. The van der Waals surface area contributed by atoms with Gasteiger partial charge in [-0.15, -0.1) is 0 Å². The smallest absolute Gasteiger partial charge is 0.534 e. The van der Waals surface area contributed by atoms with Gasteiger partial charge in [0.25, 0.3) is 0 Å². The molecule has 1 amide bonds. The number of carbonyl (C=O) groups is 3. The predicted molar refractivity (Wildman–Crippen MR) is 106 cm³/mol. The molecular formula is C20H23BF3NO8. The van der Waals surface area contributed by atoms with Crippen LogP contribution >= 0.6 is 0 Å². The van der Waals surface area contributed by atoms with Gasteiger partial charge in [0.1, 0.15) is 17.7 Å². The third kappa shape index (κ3) is 7.36. The maximum atomic E-state index is 12.4. The van der Waals surface area contributed by atoms with Crippen LogP contribution < -0.4 is 9.97 Å². The number of hydrogen-bond acceptors (Lipinski definition) is 8. The van der Waals surface area contributed by atoms with E-state index in [2.05, 4.69) is 5.32 Å². The molecule has 1 aromatic rings. The monoisotopic (exact) mass is 473 g/mol. The lowest BCUT2D eigenvalue weighted by molar-refractivity contribution is -0.155. The number of halogens is 3. The van der Waals surface area contributed by atoms with Crippen LogP contribution in [-0.4, -0.2) is 62.1 Å². The van der Waals surface area contributed by atoms with E-state index in [0.717, 1.165) is 12.8 Å². The van der Waals surface area contributed by atoms with E-state index in [4.69, 9.17) is 18.9 Å². The van der Waals surface area contributed by atoms with E-state index in [1.54, 1.807) is 0 Å². The molecule has 2 aliphatic rings. The summed E-state index contributed by atoms with van der Waals surface area (Å²) in [6, 6.07) is 4.39. The topological polar surface area (TPSA) is 120 Å². The minimum Gasteiger partial charge on any atom is -0.534 e. The first kappa shape index (κ1) is 24.8. The zero-order valence-corrected chi connectivity index (χ0v) is 17.6. The standard InChI is InChI=1S/C20H23BF3NO8/c22-20(23,24)10-16(26)25-15-9-13-2-1-3-14(18(13)33-21(15)29)19(28)32-11-31-17(27)8-12-4-6-30-7-5-12/h1-3,12,15,29H,4-11H2,(H,25,26)/t15-/m0/s1. The molecule has 1 saturated heterocycles. The van der Waals surface area contributed by atoms with Crippen molar-refractivity contribution >= 4 is 25.0 Å². The first-order valence-electron chi connectivity index (χ1n) is 10.4. The quantitative estimate of drug-likeness (QED) is 0.348. The second-order valence-corrected chi connectivity index (χ2v) is 7.80. The largest absolute Gasteiger partial charge is 0.547 e. The van der Waals surface area contributed by atoms with E-state index < -0.39 is 50.3 Å². The molecule has 0 spiro atoms. The number of nitrogens with one attached hydrogen (secondary N) is 1. The molecule has 3 rings (SSSR count). The Morgan fingerprint density at radius 1 is 1.18 bits per heavy atom. The van der Waals surface area contributed by atoms with Gasteiger partial charge in [-0.3, -0.25) is 9.59 Å². The highest BCUT2D eigenvalue weighted by Gasteiger charge is 2.40. The minimum absolute atomic E-state index is 0.0233. The van der Waals surface area contributed by atoms with Crippen LogP contribution in [0.4, 0.5) is 13.2 Å². The van der Waals surface area contributed by atoms with Crippen LogP contribution in [0.3, 0.4) is 0 Å².